The summed E-state index contributed by atoms with van der Waals surface area (Å²) >= 11 is 5.39. The van der Waals surface area contributed by atoms with Gasteiger partial charge in [-0.15, -0.1) is 0 Å². The van der Waals surface area contributed by atoms with Gasteiger partial charge in [0.2, 0.25) is 5.09 Å². The van der Waals surface area contributed by atoms with Gasteiger partial charge < -0.3 is 25.1 Å². The van der Waals surface area contributed by atoms with Gasteiger partial charge in [-0.25, -0.2) is 8.42 Å². The maximum Gasteiger partial charge on any atom is 0.284 e. The smallest absolute Gasteiger partial charge is 0.284 e. The molecule has 2 saturated heterocycles. The maximum absolute atomic E-state index is 12.6. The number of primary amides is 1. The average molecular weight is 402 g/mol. The van der Waals surface area contributed by atoms with Crippen molar-refractivity contribution < 1.29 is 22.4 Å². The Balaban J connectivity index is 1.53. The molecule has 2 fully saturated rings. The Labute approximate surface area is 157 Å². The largest absolute Gasteiger partial charge is 0.438 e. The van der Waals surface area contributed by atoms with Gasteiger partial charge in [0.15, 0.2) is 10.9 Å². The van der Waals surface area contributed by atoms with Crippen molar-refractivity contribution in [3.05, 3.63) is 17.9 Å². The van der Waals surface area contributed by atoms with Gasteiger partial charge in [0.1, 0.15) is 0 Å². The molecule has 1 atom stereocenters. The Morgan fingerprint density at radius 1 is 1.31 bits per heavy atom. The molecule has 0 aliphatic carbocycles. The normalized spacial score (nSPS) is 21.7. The van der Waals surface area contributed by atoms with Crippen molar-refractivity contribution in [2.24, 2.45) is 5.73 Å². The van der Waals surface area contributed by atoms with E-state index in [-0.39, 0.29) is 30.0 Å². The van der Waals surface area contributed by atoms with Crippen molar-refractivity contribution in [3.63, 3.8) is 0 Å². The van der Waals surface area contributed by atoms with E-state index < -0.39 is 15.9 Å². The number of carbonyl (C=O) groups excluding carboxylic acids is 1. The molecule has 1 amide bonds. The van der Waals surface area contributed by atoms with E-state index >= 15 is 0 Å². The lowest BCUT2D eigenvalue weighted by Gasteiger charge is -2.35. The minimum atomic E-state index is -3.80. The van der Waals surface area contributed by atoms with Crippen LogP contribution >= 0.6 is 12.2 Å². The van der Waals surface area contributed by atoms with Crippen LogP contribution in [0.25, 0.3) is 0 Å². The van der Waals surface area contributed by atoms with Crippen molar-refractivity contribution in [1.82, 2.24) is 14.5 Å². The summed E-state index contributed by atoms with van der Waals surface area (Å²) < 4.78 is 37.1. The minimum Gasteiger partial charge on any atom is -0.438 e. The van der Waals surface area contributed by atoms with Gasteiger partial charge in [-0.1, -0.05) is 0 Å². The molecule has 26 heavy (non-hydrogen) atoms. The van der Waals surface area contributed by atoms with Crippen molar-refractivity contribution in [1.29, 1.82) is 0 Å². The number of piperazine rings is 1. The van der Waals surface area contributed by atoms with Crippen molar-refractivity contribution >= 4 is 33.3 Å². The highest BCUT2D eigenvalue weighted by Crippen LogP contribution is 2.20. The highest BCUT2D eigenvalue weighted by atomic mass is 32.2. The van der Waals surface area contributed by atoms with Crippen LogP contribution in [0.5, 0.6) is 0 Å². The molecule has 0 saturated carbocycles. The van der Waals surface area contributed by atoms with Crippen LogP contribution < -0.4 is 11.1 Å². The van der Waals surface area contributed by atoms with Gasteiger partial charge >= 0.3 is 0 Å². The summed E-state index contributed by atoms with van der Waals surface area (Å²) in [4.78, 5) is 13.0. The summed E-state index contributed by atoms with van der Waals surface area (Å²) in [6.07, 6.45) is 2.28. The standard InChI is InChI=1S/C15H22N4O5S2/c16-14(20)12-3-4-13(24-12)26(21,22)19-7-5-18(6-8-19)15(25)17-10-11-2-1-9-23-11/h3-4,11H,1-2,5-10H2,(H2,16,20)(H,17,25). The first-order valence-electron chi connectivity index (χ1n) is 8.42. The number of nitrogens with two attached hydrogens (primary N) is 1. The van der Waals surface area contributed by atoms with Crippen LogP contribution in [0.2, 0.25) is 0 Å². The molecule has 2 aliphatic rings. The third kappa shape index (κ3) is 4.17. The zero-order valence-corrected chi connectivity index (χ0v) is 15.9. The molecule has 144 valence electrons. The van der Waals surface area contributed by atoms with E-state index in [1.54, 1.807) is 0 Å². The van der Waals surface area contributed by atoms with Crippen LogP contribution in [-0.4, -0.2) is 74.1 Å². The number of furan rings is 1. The quantitative estimate of drug-likeness (QED) is 0.647. The second-order valence-corrected chi connectivity index (χ2v) is 8.45. The molecule has 1 aromatic rings. The molecule has 11 heteroatoms. The van der Waals surface area contributed by atoms with Crippen molar-refractivity contribution in [3.8, 4) is 0 Å². The van der Waals surface area contributed by atoms with E-state index in [2.05, 4.69) is 5.32 Å². The van der Waals surface area contributed by atoms with Crippen molar-refractivity contribution in [2.45, 2.75) is 24.0 Å². The van der Waals surface area contributed by atoms with Crippen LogP contribution in [0.4, 0.5) is 0 Å². The van der Waals surface area contributed by atoms with Crippen LogP contribution in [0.1, 0.15) is 23.4 Å². The molecule has 0 aromatic carbocycles. The number of rotatable bonds is 5. The Morgan fingerprint density at radius 3 is 2.62 bits per heavy atom. The van der Waals surface area contributed by atoms with Crippen LogP contribution in [0.3, 0.4) is 0 Å². The fraction of sp³-hybridized carbons (Fsp3) is 0.600. The SMILES string of the molecule is NC(=O)c1ccc(S(=O)(=O)N2CCN(C(=S)NCC3CCCO3)CC2)o1. The van der Waals surface area contributed by atoms with E-state index in [0.29, 0.717) is 24.7 Å². The van der Waals surface area contributed by atoms with E-state index in [0.717, 1.165) is 19.4 Å². The number of hydrogen-bond acceptors (Lipinski definition) is 6. The summed E-state index contributed by atoms with van der Waals surface area (Å²) in [6, 6.07) is 2.51. The van der Waals surface area contributed by atoms with Gasteiger partial charge in [0, 0.05) is 39.3 Å². The second-order valence-electron chi connectivity index (χ2n) is 6.20. The lowest BCUT2D eigenvalue weighted by atomic mass is 10.2. The van der Waals surface area contributed by atoms with E-state index in [1.165, 1.54) is 16.4 Å². The summed E-state index contributed by atoms with van der Waals surface area (Å²) in [5, 5.41) is 3.51. The average Bonchev–Trinajstić information content (AvgIpc) is 3.31. The van der Waals surface area contributed by atoms with Crippen molar-refractivity contribution in [2.75, 3.05) is 39.3 Å². The molecule has 9 nitrogen and oxygen atoms in total. The number of amides is 1. The Morgan fingerprint density at radius 2 is 2.04 bits per heavy atom. The number of ether oxygens (including phenoxy) is 1. The molecular formula is C15H22N4O5S2. The van der Waals surface area contributed by atoms with Crippen LogP contribution in [-0.2, 0) is 14.8 Å². The van der Waals surface area contributed by atoms with Gasteiger partial charge in [-0.05, 0) is 37.2 Å². The Kier molecular flexibility index (Phi) is 5.80. The number of carbonyl (C=O) groups is 1. The number of thiocarbonyl (C=S) groups is 1. The highest BCUT2D eigenvalue weighted by molar-refractivity contribution is 7.89. The van der Waals surface area contributed by atoms with Gasteiger partial charge in [0.05, 0.1) is 6.10 Å². The molecule has 0 radical (unpaired) electrons. The molecular weight excluding hydrogens is 380 g/mol. The highest BCUT2D eigenvalue weighted by Gasteiger charge is 2.32. The number of nitrogens with zero attached hydrogens (tertiary/aromatic N) is 2. The van der Waals surface area contributed by atoms with E-state index in [1.807, 2.05) is 4.90 Å². The fourth-order valence-corrected chi connectivity index (χ4v) is 4.57. The fourth-order valence-electron chi connectivity index (χ4n) is 2.97. The molecule has 0 bridgehead atoms. The topological polar surface area (TPSA) is 118 Å². The molecule has 3 rings (SSSR count). The first kappa shape index (κ1) is 19.1. The van der Waals surface area contributed by atoms with E-state index in [4.69, 9.17) is 27.1 Å². The summed E-state index contributed by atoms with van der Waals surface area (Å²) in [6.45, 7) is 2.95. The Hall–Kier alpha value is -1.69. The minimum absolute atomic E-state index is 0.179. The Bertz CT molecular complexity index is 765. The van der Waals surface area contributed by atoms with Gasteiger partial charge in [-0.2, -0.15) is 4.31 Å². The summed E-state index contributed by atoms with van der Waals surface area (Å²) in [7, 11) is -3.80. The maximum atomic E-state index is 12.6. The molecule has 1 aromatic heterocycles. The zero-order valence-electron chi connectivity index (χ0n) is 14.2. The number of hydrogen-bond donors (Lipinski definition) is 2. The number of sulfonamides is 1. The van der Waals surface area contributed by atoms with Gasteiger partial charge in [-0.3, -0.25) is 4.79 Å². The first-order chi connectivity index (χ1) is 12.4. The van der Waals surface area contributed by atoms with Gasteiger partial charge in [0.25, 0.3) is 15.9 Å². The molecule has 0 spiro atoms. The predicted octanol–water partition coefficient (Wildman–Crippen LogP) is -0.262. The predicted molar refractivity (Wildman–Crippen MR) is 97.1 cm³/mol. The zero-order chi connectivity index (χ0) is 18.7. The van der Waals surface area contributed by atoms with Crippen LogP contribution in [0.15, 0.2) is 21.6 Å². The first-order valence-corrected chi connectivity index (χ1v) is 10.3. The molecule has 3 heterocycles. The third-order valence-corrected chi connectivity index (χ3v) is 6.62. The van der Waals surface area contributed by atoms with E-state index in [9.17, 15) is 13.2 Å². The molecule has 3 N–H and O–H groups in total. The monoisotopic (exact) mass is 402 g/mol. The lowest BCUT2D eigenvalue weighted by molar-refractivity contribution is 0.0968. The lowest BCUT2D eigenvalue weighted by Crippen LogP contribution is -2.53. The molecule has 1 unspecified atom stereocenters. The summed E-state index contributed by atoms with van der Waals surface area (Å²) in [5.74, 6) is -0.986. The second kappa shape index (κ2) is 7.91. The molecule has 2 aliphatic heterocycles. The number of nitrogens with one attached hydrogen (secondary N) is 1. The van der Waals surface area contributed by atoms with Crippen LogP contribution in [0, 0.1) is 0 Å². The summed E-state index contributed by atoms with van der Waals surface area (Å²) in [5.41, 5.74) is 5.10. The third-order valence-electron chi connectivity index (χ3n) is 4.45.